The fourth-order valence-corrected chi connectivity index (χ4v) is 3.23. The molecule has 0 aliphatic heterocycles. The maximum Gasteiger partial charge on any atom is 0.205 e. The van der Waals surface area contributed by atoms with Crippen LogP contribution in [0.15, 0.2) is 24.3 Å². The molecule has 0 unspecified atom stereocenters. The number of thiophene rings is 1. The number of benzene rings is 1. The lowest BCUT2D eigenvalue weighted by molar-refractivity contribution is 1.30. The summed E-state index contributed by atoms with van der Waals surface area (Å²) in [7, 11) is 0. The van der Waals surface area contributed by atoms with Crippen molar-refractivity contribution in [1.29, 1.82) is 0 Å². The highest BCUT2D eigenvalue weighted by Crippen LogP contribution is 2.37. The number of aromatic nitrogens is 2. The summed E-state index contributed by atoms with van der Waals surface area (Å²) in [6.07, 6.45) is 0. The molecule has 0 aliphatic carbocycles. The summed E-state index contributed by atoms with van der Waals surface area (Å²) in [6.45, 7) is 4.12. The van der Waals surface area contributed by atoms with Crippen LogP contribution in [0.1, 0.15) is 10.4 Å². The molecule has 0 radical (unpaired) electrons. The van der Waals surface area contributed by atoms with Gasteiger partial charge in [0.2, 0.25) is 5.95 Å². The van der Waals surface area contributed by atoms with Crippen LogP contribution < -0.4 is 5.32 Å². The van der Waals surface area contributed by atoms with E-state index in [4.69, 9.17) is 11.6 Å². The second-order valence-corrected chi connectivity index (χ2v) is 5.99. The van der Waals surface area contributed by atoms with E-state index in [1.807, 2.05) is 24.3 Å². The van der Waals surface area contributed by atoms with Crippen molar-refractivity contribution in [2.45, 2.75) is 13.8 Å². The molecule has 0 saturated heterocycles. The standard InChI is InChI=1S/C13H12ClN3S/c1-7-8(2)18-12(14)11(7)17-13-15-9-5-3-4-6-10(9)16-13/h3-6H,1-2H3,(H2,15,16,17). The second-order valence-electron chi connectivity index (χ2n) is 4.16. The van der Waals surface area contributed by atoms with E-state index >= 15 is 0 Å². The topological polar surface area (TPSA) is 40.7 Å². The predicted octanol–water partition coefficient (Wildman–Crippen LogP) is 4.64. The average Bonchev–Trinajstić information content (AvgIpc) is 2.86. The minimum Gasteiger partial charge on any atom is -0.324 e. The van der Waals surface area contributed by atoms with E-state index in [1.54, 1.807) is 11.3 Å². The Kier molecular flexibility index (Phi) is 2.76. The first-order valence-corrected chi connectivity index (χ1v) is 6.82. The molecule has 0 spiro atoms. The van der Waals surface area contributed by atoms with Crippen molar-refractivity contribution in [1.82, 2.24) is 9.97 Å². The number of aryl methyl sites for hydroxylation is 1. The number of halogens is 1. The van der Waals surface area contributed by atoms with Crippen molar-refractivity contribution in [3.05, 3.63) is 39.0 Å². The van der Waals surface area contributed by atoms with Gasteiger partial charge in [-0.05, 0) is 31.5 Å². The molecule has 0 bridgehead atoms. The van der Waals surface area contributed by atoms with Gasteiger partial charge in [-0.2, -0.15) is 0 Å². The molecule has 0 fully saturated rings. The Morgan fingerprint density at radius 3 is 2.72 bits per heavy atom. The van der Waals surface area contributed by atoms with Crippen LogP contribution >= 0.6 is 22.9 Å². The van der Waals surface area contributed by atoms with Crippen LogP contribution in [-0.2, 0) is 0 Å². The zero-order valence-electron chi connectivity index (χ0n) is 10.0. The largest absolute Gasteiger partial charge is 0.324 e. The number of H-pyrrole nitrogens is 1. The summed E-state index contributed by atoms with van der Waals surface area (Å²) < 4.78 is 0.769. The average molecular weight is 278 g/mol. The molecule has 92 valence electrons. The molecule has 2 aromatic heterocycles. The molecule has 5 heteroatoms. The van der Waals surface area contributed by atoms with Crippen molar-refractivity contribution >= 4 is 45.6 Å². The Hall–Kier alpha value is -1.52. The van der Waals surface area contributed by atoms with E-state index in [1.165, 1.54) is 10.4 Å². The van der Waals surface area contributed by atoms with Crippen LogP contribution in [0.4, 0.5) is 11.6 Å². The van der Waals surface area contributed by atoms with Crippen LogP contribution in [0.3, 0.4) is 0 Å². The smallest absolute Gasteiger partial charge is 0.205 e. The van der Waals surface area contributed by atoms with E-state index in [0.29, 0.717) is 0 Å². The second kappa shape index (κ2) is 4.30. The predicted molar refractivity (Wildman–Crippen MR) is 78.2 cm³/mol. The zero-order valence-corrected chi connectivity index (χ0v) is 11.6. The molecule has 0 saturated carbocycles. The van der Waals surface area contributed by atoms with Gasteiger partial charge in [0.25, 0.3) is 0 Å². The molecule has 18 heavy (non-hydrogen) atoms. The molecule has 0 aliphatic rings. The number of imidazole rings is 1. The highest BCUT2D eigenvalue weighted by atomic mass is 35.5. The molecule has 3 aromatic rings. The number of fused-ring (bicyclic) bond motifs is 1. The monoisotopic (exact) mass is 277 g/mol. The van der Waals surface area contributed by atoms with Crippen LogP contribution in [0.25, 0.3) is 11.0 Å². The molecule has 2 heterocycles. The quantitative estimate of drug-likeness (QED) is 0.716. The van der Waals surface area contributed by atoms with Crippen LogP contribution in [0, 0.1) is 13.8 Å². The van der Waals surface area contributed by atoms with E-state index in [0.717, 1.165) is 27.0 Å². The number of anilines is 2. The number of nitrogens with one attached hydrogen (secondary N) is 2. The Bertz CT molecular complexity index is 681. The van der Waals surface area contributed by atoms with Gasteiger partial charge in [-0.1, -0.05) is 23.7 Å². The van der Waals surface area contributed by atoms with Crippen LogP contribution in [-0.4, -0.2) is 9.97 Å². The van der Waals surface area contributed by atoms with Crippen LogP contribution in [0.2, 0.25) is 4.34 Å². The molecular weight excluding hydrogens is 266 g/mol. The molecule has 1 aromatic carbocycles. The number of hydrogen-bond acceptors (Lipinski definition) is 3. The van der Waals surface area contributed by atoms with Crippen molar-refractivity contribution in [3.63, 3.8) is 0 Å². The number of aromatic amines is 1. The van der Waals surface area contributed by atoms with Gasteiger partial charge in [-0.3, -0.25) is 0 Å². The highest BCUT2D eigenvalue weighted by Gasteiger charge is 2.12. The fraction of sp³-hybridized carbons (Fsp3) is 0.154. The molecule has 3 nitrogen and oxygen atoms in total. The lowest BCUT2D eigenvalue weighted by Crippen LogP contribution is -1.93. The van der Waals surface area contributed by atoms with E-state index in [-0.39, 0.29) is 0 Å². The third kappa shape index (κ3) is 1.87. The Morgan fingerprint density at radius 2 is 2.06 bits per heavy atom. The summed E-state index contributed by atoms with van der Waals surface area (Å²) in [4.78, 5) is 8.93. The number of hydrogen-bond donors (Lipinski definition) is 2. The lowest BCUT2D eigenvalue weighted by Gasteiger charge is -2.02. The van der Waals surface area contributed by atoms with Crippen molar-refractivity contribution in [3.8, 4) is 0 Å². The van der Waals surface area contributed by atoms with Crippen molar-refractivity contribution in [2.75, 3.05) is 5.32 Å². The lowest BCUT2D eigenvalue weighted by atomic mass is 10.2. The first-order valence-electron chi connectivity index (χ1n) is 5.62. The first kappa shape index (κ1) is 11.6. The molecule has 2 N–H and O–H groups in total. The summed E-state index contributed by atoms with van der Waals surface area (Å²) >= 11 is 7.80. The highest BCUT2D eigenvalue weighted by molar-refractivity contribution is 7.17. The van der Waals surface area contributed by atoms with Gasteiger partial charge in [0, 0.05) is 4.88 Å². The maximum atomic E-state index is 6.21. The van der Waals surface area contributed by atoms with Crippen molar-refractivity contribution in [2.24, 2.45) is 0 Å². The SMILES string of the molecule is Cc1sc(Cl)c(Nc2nc3ccccc3[nH]2)c1C. The summed E-state index contributed by atoms with van der Waals surface area (Å²) in [6, 6.07) is 7.93. The summed E-state index contributed by atoms with van der Waals surface area (Å²) in [5.74, 6) is 0.721. The van der Waals surface area contributed by atoms with Gasteiger partial charge in [0.15, 0.2) is 0 Å². The number of para-hydroxylation sites is 2. The molecule has 0 amide bonds. The molecular formula is C13H12ClN3S. The number of nitrogens with zero attached hydrogens (tertiary/aromatic N) is 1. The number of rotatable bonds is 2. The summed E-state index contributed by atoms with van der Waals surface area (Å²) in [5, 5.41) is 3.26. The zero-order chi connectivity index (χ0) is 12.7. The van der Waals surface area contributed by atoms with Gasteiger partial charge in [0.05, 0.1) is 16.7 Å². The Morgan fingerprint density at radius 1 is 1.28 bits per heavy atom. The van der Waals surface area contributed by atoms with Gasteiger partial charge in [-0.15, -0.1) is 11.3 Å². The maximum absolute atomic E-state index is 6.21. The van der Waals surface area contributed by atoms with Gasteiger partial charge in [0.1, 0.15) is 4.34 Å². The van der Waals surface area contributed by atoms with Gasteiger partial charge < -0.3 is 10.3 Å². The Labute approximate surface area is 114 Å². The Balaban J connectivity index is 2.01. The minimum absolute atomic E-state index is 0.721. The van der Waals surface area contributed by atoms with Gasteiger partial charge in [-0.25, -0.2) is 4.98 Å². The van der Waals surface area contributed by atoms with E-state index in [9.17, 15) is 0 Å². The first-order chi connectivity index (χ1) is 8.65. The van der Waals surface area contributed by atoms with E-state index in [2.05, 4.69) is 29.1 Å². The van der Waals surface area contributed by atoms with Crippen molar-refractivity contribution < 1.29 is 0 Å². The van der Waals surface area contributed by atoms with E-state index < -0.39 is 0 Å². The third-order valence-electron chi connectivity index (χ3n) is 2.98. The molecule has 3 rings (SSSR count). The normalized spacial score (nSPS) is 11.1. The van der Waals surface area contributed by atoms with Crippen LogP contribution in [0.5, 0.6) is 0 Å². The summed E-state index contributed by atoms with van der Waals surface area (Å²) in [5.41, 5.74) is 4.07. The third-order valence-corrected chi connectivity index (χ3v) is 4.39. The fourth-order valence-electron chi connectivity index (χ4n) is 1.86. The minimum atomic E-state index is 0.721. The molecule has 0 atom stereocenters. The van der Waals surface area contributed by atoms with Gasteiger partial charge >= 0.3 is 0 Å².